The molecule has 0 spiro atoms. The van der Waals surface area contributed by atoms with Crippen LogP contribution >= 0.6 is 15.9 Å². The highest BCUT2D eigenvalue weighted by Gasteiger charge is 2.09. The van der Waals surface area contributed by atoms with Crippen molar-refractivity contribution >= 4 is 15.9 Å². The van der Waals surface area contributed by atoms with Crippen LogP contribution in [0.2, 0.25) is 0 Å². The van der Waals surface area contributed by atoms with Crippen molar-refractivity contribution in [3.05, 3.63) is 76.4 Å². The van der Waals surface area contributed by atoms with Crippen LogP contribution in [-0.4, -0.2) is 4.57 Å². The van der Waals surface area contributed by atoms with E-state index in [2.05, 4.69) is 88.9 Å². The van der Waals surface area contributed by atoms with E-state index in [1.54, 1.807) is 0 Å². The van der Waals surface area contributed by atoms with E-state index in [1.807, 2.05) is 6.07 Å². The lowest BCUT2D eigenvalue weighted by Crippen LogP contribution is -1.99. The van der Waals surface area contributed by atoms with Gasteiger partial charge in [0.1, 0.15) is 0 Å². The zero-order valence-corrected chi connectivity index (χ0v) is 13.2. The van der Waals surface area contributed by atoms with E-state index in [9.17, 15) is 0 Å². The molecule has 2 heteroatoms. The molecule has 0 aliphatic rings. The van der Waals surface area contributed by atoms with E-state index in [0.29, 0.717) is 0 Å². The van der Waals surface area contributed by atoms with Crippen LogP contribution in [0.1, 0.15) is 11.3 Å². The van der Waals surface area contributed by atoms with Crippen LogP contribution in [0.4, 0.5) is 0 Å². The summed E-state index contributed by atoms with van der Waals surface area (Å²) >= 11 is 3.57. The summed E-state index contributed by atoms with van der Waals surface area (Å²) in [5, 5.41) is 0. The van der Waals surface area contributed by atoms with Gasteiger partial charge in [0.15, 0.2) is 0 Å². The van der Waals surface area contributed by atoms with Crippen molar-refractivity contribution in [2.75, 3.05) is 0 Å². The summed E-state index contributed by atoms with van der Waals surface area (Å²) in [6.07, 6.45) is 0. The molecule has 0 fully saturated rings. The molecule has 0 saturated carbocycles. The molecule has 3 aromatic rings. The molecule has 0 N–H and O–H groups in total. The quantitative estimate of drug-likeness (QED) is 0.584. The van der Waals surface area contributed by atoms with Crippen molar-refractivity contribution in [3.63, 3.8) is 0 Å². The largest absolute Gasteiger partial charge is 0.314 e. The first-order valence-electron chi connectivity index (χ1n) is 6.67. The smallest absolute Gasteiger partial charge is 0.0531 e. The van der Waals surface area contributed by atoms with E-state index in [0.717, 1.165) is 4.47 Å². The van der Waals surface area contributed by atoms with Crippen LogP contribution in [0, 0.1) is 13.8 Å². The second-order valence-corrected chi connectivity index (χ2v) is 5.85. The number of hydrogen-bond acceptors (Lipinski definition) is 0. The van der Waals surface area contributed by atoms with Gasteiger partial charge in [-0.3, -0.25) is 0 Å². The first-order chi connectivity index (χ1) is 9.66. The van der Waals surface area contributed by atoms with Gasteiger partial charge in [0.25, 0.3) is 0 Å². The van der Waals surface area contributed by atoms with Crippen molar-refractivity contribution in [1.29, 1.82) is 0 Å². The Hall–Kier alpha value is -1.80. The highest BCUT2D eigenvalue weighted by atomic mass is 79.9. The van der Waals surface area contributed by atoms with Crippen molar-refractivity contribution in [2.45, 2.75) is 13.8 Å². The van der Waals surface area contributed by atoms with Gasteiger partial charge in [0, 0.05) is 15.9 Å². The predicted octanol–water partition coefficient (Wildman–Crippen LogP) is 5.52. The zero-order valence-electron chi connectivity index (χ0n) is 11.6. The molecule has 3 rings (SSSR count). The molecule has 0 aliphatic carbocycles. The molecule has 20 heavy (non-hydrogen) atoms. The number of aryl methyl sites for hydroxylation is 2. The monoisotopic (exact) mass is 325 g/mol. The minimum atomic E-state index is 1.15. The molecule has 1 heterocycles. The van der Waals surface area contributed by atoms with E-state index in [-0.39, 0.29) is 0 Å². The maximum absolute atomic E-state index is 3.57. The topological polar surface area (TPSA) is 4.93 Å². The number of halogens is 1. The number of rotatable bonds is 2. The summed E-state index contributed by atoms with van der Waals surface area (Å²) in [5.74, 6) is 0. The van der Waals surface area contributed by atoms with Gasteiger partial charge in [0.05, 0.1) is 5.69 Å². The Kier molecular flexibility index (Phi) is 3.49. The zero-order chi connectivity index (χ0) is 14.1. The first kappa shape index (κ1) is 13.2. The standard InChI is InChI=1S/C18H16BrN/c1-13-12-16(9-10-17(13)19)20-14(2)8-11-18(20)15-6-4-3-5-7-15/h3-12H,1-2H3. The van der Waals surface area contributed by atoms with Crippen molar-refractivity contribution < 1.29 is 0 Å². The average molecular weight is 326 g/mol. The third kappa shape index (κ3) is 2.32. The normalized spacial score (nSPS) is 10.8. The minimum absolute atomic E-state index is 1.15. The third-order valence-electron chi connectivity index (χ3n) is 3.55. The number of aromatic nitrogens is 1. The van der Waals surface area contributed by atoms with Crippen LogP contribution in [0.5, 0.6) is 0 Å². The molecule has 2 aromatic carbocycles. The molecule has 100 valence electrons. The highest BCUT2D eigenvalue weighted by molar-refractivity contribution is 9.10. The summed E-state index contributed by atoms with van der Waals surface area (Å²) < 4.78 is 3.45. The van der Waals surface area contributed by atoms with Crippen LogP contribution in [0.25, 0.3) is 16.9 Å². The van der Waals surface area contributed by atoms with Gasteiger partial charge in [0.2, 0.25) is 0 Å². The van der Waals surface area contributed by atoms with Crippen LogP contribution in [-0.2, 0) is 0 Å². The van der Waals surface area contributed by atoms with E-state index < -0.39 is 0 Å². The van der Waals surface area contributed by atoms with E-state index >= 15 is 0 Å². The molecular formula is C18H16BrN. The van der Waals surface area contributed by atoms with Gasteiger partial charge in [-0.05, 0) is 55.3 Å². The molecule has 0 atom stereocenters. The first-order valence-corrected chi connectivity index (χ1v) is 7.46. The lowest BCUT2D eigenvalue weighted by Gasteiger charge is -2.13. The number of hydrogen-bond donors (Lipinski definition) is 0. The van der Waals surface area contributed by atoms with Crippen LogP contribution < -0.4 is 0 Å². The molecule has 0 aliphatic heterocycles. The summed E-state index contributed by atoms with van der Waals surface area (Å²) in [7, 11) is 0. The molecule has 1 nitrogen and oxygen atoms in total. The van der Waals surface area contributed by atoms with Gasteiger partial charge in [-0.25, -0.2) is 0 Å². The fourth-order valence-electron chi connectivity index (χ4n) is 2.48. The molecule has 1 aromatic heterocycles. The maximum Gasteiger partial charge on any atom is 0.0531 e. The second-order valence-electron chi connectivity index (χ2n) is 4.99. The Labute approximate surface area is 128 Å². The molecule has 0 saturated heterocycles. The lowest BCUT2D eigenvalue weighted by molar-refractivity contribution is 1.02. The van der Waals surface area contributed by atoms with Crippen LogP contribution in [0.3, 0.4) is 0 Å². The number of benzene rings is 2. The Morgan fingerprint density at radius 2 is 1.60 bits per heavy atom. The Morgan fingerprint density at radius 3 is 2.30 bits per heavy atom. The van der Waals surface area contributed by atoms with Crippen LogP contribution in [0.15, 0.2) is 65.1 Å². The Balaban J connectivity index is 2.19. The summed E-state index contributed by atoms with van der Waals surface area (Å²) in [4.78, 5) is 0. The van der Waals surface area contributed by atoms with E-state index in [4.69, 9.17) is 0 Å². The molecule has 0 bridgehead atoms. The van der Waals surface area contributed by atoms with Gasteiger partial charge in [-0.1, -0.05) is 46.3 Å². The summed E-state index contributed by atoms with van der Waals surface area (Å²) in [6, 6.07) is 21.3. The SMILES string of the molecule is Cc1cc(-n2c(C)ccc2-c2ccccc2)ccc1Br. The van der Waals surface area contributed by atoms with Crippen molar-refractivity contribution in [3.8, 4) is 16.9 Å². The van der Waals surface area contributed by atoms with Gasteiger partial charge in [-0.2, -0.15) is 0 Å². The number of nitrogens with zero attached hydrogens (tertiary/aromatic N) is 1. The highest BCUT2D eigenvalue weighted by Crippen LogP contribution is 2.28. The predicted molar refractivity (Wildman–Crippen MR) is 88.4 cm³/mol. The fraction of sp³-hybridized carbons (Fsp3) is 0.111. The molecule has 0 unspecified atom stereocenters. The summed E-state index contributed by atoms with van der Waals surface area (Å²) in [5.41, 5.74) is 6.15. The third-order valence-corrected chi connectivity index (χ3v) is 4.44. The van der Waals surface area contributed by atoms with Gasteiger partial charge in [-0.15, -0.1) is 0 Å². The maximum atomic E-state index is 3.57. The lowest BCUT2D eigenvalue weighted by atomic mass is 10.1. The molecule has 0 radical (unpaired) electrons. The van der Waals surface area contributed by atoms with Gasteiger partial charge < -0.3 is 4.57 Å². The van der Waals surface area contributed by atoms with Crippen molar-refractivity contribution in [1.82, 2.24) is 4.57 Å². The molecular weight excluding hydrogens is 310 g/mol. The van der Waals surface area contributed by atoms with Crippen molar-refractivity contribution in [2.24, 2.45) is 0 Å². The van der Waals surface area contributed by atoms with E-state index in [1.165, 1.54) is 28.2 Å². The fourth-order valence-corrected chi connectivity index (χ4v) is 2.73. The summed E-state index contributed by atoms with van der Waals surface area (Å²) in [6.45, 7) is 4.26. The Bertz CT molecular complexity index is 741. The average Bonchev–Trinajstić information content (AvgIpc) is 2.85. The second kappa shape index (κ2) is 5.29. The minimum Gasteiger partial charge on any atom is -0.314 e. The van der Waals surface area contributed by atoms with Gasteiger partial charge >= 0.3 is 0 Å². The molecule has 0 amide bonds. The Morgan fingerprint density at radius 1 is 0.850 bits per heavy atom.